The van der Waals surface area contributed by atoms with Crippen molar-refractivity contribution < 1.29 is 0 Å². The van der Waals surface area contributed by atoms with Crippen molar-refractivity contribution in [2.75, 3.05) is 0 Å². The maximum absolute atomic E-state index is 8.90. The van der Waals surface area contributed by atoms with E-state index in [1.165, 1.54) is 5.56 Å². The van der Waals surface area contributed by atoms with Crippen molar-refractivity contribution in [2.24, 2.45) is 10.9 Å². The summed E-state index contributed by atoms with van der Waals surface area (Å²) < 4.78 is 0. The van der Waals surface area contributed by atoms with Crippen LogP contribution in [0.25, 0.3) is 0 Å². The molecule has 1 aliphatic rings. The monoisotopic (exact) mass is 198 g/mol. The summed E-state index contributed by atoms with van der Waals surface area (Å²) in [7, 11) is 0. The predicted molar refractivity (Wildman–Crippen MR) is 60.5 cm³/mol. The van der Waals surface area contributed by atoms with E-state index in [1.807, 2.05) is 18.2 Å². The molecule has 2 heteroatoms. The third-order valence-electron chi connectivity index (χ3n) is 2.79. The van der Waals surface area contributed by atoms with E-state index < -0.39 is 0 Å². The van der Waals surface area contributed by atoms with Gasteiger partial charge in [0.05, 0.1) is 18.5 Å². The van der Waals surface area contributed by atoms with E-state index in [4.69, 9.17) is 5.26 Å². The molecule has 1 fully saturated rings. The van der Waals surface area contributed by atoms with E-state index in [0.29, 0.717) is 6.54 Å². The van der Waals surface area contributed by atoms with Crippen LogP contribution in [0.1, 0.15) is 24.8 Å². The zero-order chi connectivity index (χ0) is 10.5. The molecule has 1 unspecified atom stereocenters. The molecule has 0 N–H and O–H groups in total. The number of benzene rings is 1. The summed E-state index contributed by atoms with van der Waals surface area (Å²) in [6, 6.07) is 12.5. The van der Waals surface area contributed by atoms with Crippen molar-refractivity contribution in [3.05, 3.63) is 35.9 Å². The zero-order valence-electron chi connectivity index (χ0n) is 8.69. The summed E-state index contributed by atoms with van der Waals surface area (Å²) in [4.78, 5) is 4.54. The van der Waals surface area contributed by atoms with Crippen molar-refractivity contribution in [3.63, 3.8) is 0 Å². The van der Waals surface area contributed by atoms with Crippen molar-refractivity contribution in [3.8, 4) is 6.07 Å². The Kier molecular flexibility index (Phi) is 3.14. The lowest BCUT2D eigenvalue weighted by atomic mass is 10.1. The van der Waals surface area contributed by atoms with Crippen molar-refractivity contribution in [1.29, 1.82) is 5.26 Å². The van der Waals surface area contributed by atoms with Crippen LogP contribution >= 0.6 is 0 Å². The summed E-state index contributed by atoms with van der Waals surface area (Å²) in [5, 5.41) is 8.90. The van der Waals surface area contributed by atoms with E-state index in [-0.39, 0.29) is 5.92 Å². The smallest absolute Gasteiger partial charge is 0.0841 e. The molecular formula is C13H14N2. The predicted octanol–water partition coefficient (Wildman–Crippen LogP) is 2.95. The molecular weight excluding hydrogens is 184 g/mol. The highest BCUT2D eigenvalue weighted by Gasteiger charge is 2.21. The summed E-state index contributed by atoms with van der Waals surface area (Å²) >= 11 is 0. The van der Waals surface area contributed by atoms with Crippen molar-refractivity contribution in [1.82, 2.24) is 0 Å². The third kappa shape index (κ3) is 2.44. The maximum Gasteiger partial charge on any atom is 0.0841 e. The van der Waals surface area contributed by atoms with E-state index in [9.17, 15) is 0 Å². The molecule has 0 bridgehead atoms. The van der Waals surface area contributed by atoms with E-state index >= 15 is 0 Å². The Labute approximate surface area is 90.3 Å². The van der Waals surface area contributed by atoms with Gasteiger partial charge in [-0.1, -0.05) is 30.3 Å². The van der Waals surface area contributed by atoms with Crippen molar-refractivity contribution >= 4 is 5.71 Å². The molecule has 1 atom stereocenters. The van der Waals surface area contributed by atoms with Gasteiger partial charge in [-0.15, -0.1) is 0 Å². The minimum atomic E-state index is 0.0775. The molecule has 76 valence electrons. The molecule has 2 rings (SSSR count). The topological polar surface area (TPSA) is 36.1 Å². The van der Waals surface area contributed by atoms with Crippen molar-refractivity contribution in [2.45, 2.75) is 25.8 Å². The van der Waals surface area contributed by atoms with Gasteiger partial charge in [0.2, 0.25) is 0 Å². The Morgan fingerprint density at radius 2 is 2.13 bits per heavy atom. The standard InChI is InChI=1S/C13H14N2/c14-9-12-7-4-8-13(12)15-10-11-5-2-1-3-6-11/h1-3,5-6,12H,4,7-8,10H2/b15-13-. The SMILES string of the molecule is N#CC1CCC/C1=N/Cc1ccccc1. The molecule has 1 aromatic rings. The Hall–Kier alpha value is -1.62. The third-order valence-corrected chi connectivity index (χ3v) is 2.79. The fourth-order valence-electron chi connectivity index (χ4n) is 1.93. The number of hydrogen-bond acceptors (Lipinski definition) is 2. The van der Waals surface area contributed by atoms with Gasteiger partial charge in [0, 0.05) is 5.71 Å². The Morgan fingerprint density at radius 3 is 2.87 bits per heavy atom. The van der Waals surface area contributed by atoms with E-state index in [0.717, 1.165) is 25.0 Å². The Bertz CT molecular complexity index is 387. The van der Waals surface area contributed by atoms with Crippen LogP contribution in [-0.4, -0.2) is 5.71 Å². The second-order valence-corrected chi connectivity index (χ2v) is 3.87. The normalized spacial score (nSPS) is 22.9. The van der Waals surface area contributed by atoms with Gasteiger partial charge in [-0.05, 0) is 24.8 Å². The van der Waals surface area contributed by atoms with Crippen LogP contribution in [0.15, 0.2) is 35.3 Å². The van der Waals surface area contributed by atoms with Gasteiger partial charge in [-0.25, -0.2) is 0 Å². The molecule has 0 aliphatic heterocycles. The lowest BCUT2D eigenvalue weighted by molar-refractivity contribution is 0.794. The summed E-state index contributed by atoms with van der Waals surface area (Å²) in [5.41, 5.74) is 2.31. The molecule has 0 radical (unpaired) electrons. The first-order valence-corrected chi connectivity index (χ1v) is 5.37. The molecule has 1 saturated carbocycles. The van der Waals surface area contributed by atoms with Gasteiger partial charge >= 0.3 is 0 Å². The Balaban J connectivity index is 2.03. The van der Waals surface area contributed by atoms with Crippen LogP contribution in [-0.2, 0) is 6.54 Å². The van der Waals surface area contributed by atoms with Crippen LogP contribution in [0, 0.1) is 17.2 Å². The van der Waals surface area contributed by atoms with Crippen LogP contribution in [0.5, 0.6) is 0 Å². The van der Waals surface area contributed by atoms with Gasteiger partial charge in [0.15, 0.2) is 0 Å². The average Bonchev–Trinajstić information content (AvgIpc) is 2.75. The number of nitriles is 1. The Morgan fingerprint density at radius 1 is 1.33 bits per heavy atom. The lowest BCUT2D eigenvalue weighted by Gasteiger charge is -2.01. The zero-order valence-corrected chi connectivity index (χ0v) is 8.69. The van der Waals surface area contributed by atoms with Crippen LogP contribution < -0.4 is 0 Å². The second kappa shape index (κ2) is 4.75. The minimum absolute atomic E-state index is 0.0775. The first kappa shape index (κ1) is 9.92. The minimum Gasteiger partial charge on any atom is -0.288 e. The fraction of sp³-hybridized carbons (Fsp3) is 0.385. The number of nitrogens with zero attached hydrogens (tertiary/aromatic N) is 2. The molecule has 1 aliphatic carbocycles. The highest BCUT2D eigenvalue weighted by Crippen LogP contribution is 2.22. The average molecular weight is 198 g/mol. The van der Waals surface area contributed by atoms with Crippen LogP contribution in [0.2, 0.25) is 0 Å². The summed E-state index contributed by atoms with van der Waals surface area (Å²) in [6.07, 6.45) is 3.11. The molecule has 0 heterocycles. The van der Waals surface area contributed by atoms with Gasteiger partial charge in [-0.3, -0.25) is 4.99 Å². The largest absolute Gasteiger partial charge is 0.288 e. The van der Waals surface area contributed by atoms with Crippen LogP contribution in [0.4, 0.5) is 0 Å². The van der Waals surface area contributed by atoms with E-state index in [1.54, 1.807) is 0 Å². The van der Waals surface area contributed by atoms with Gasteiger partial charge in [-0.2, -0.15) is 5.26 Å². The van der Waals surface area contributed by atoms with Gasteiger partial charge < -0.3 is 0 Å². The summed E-state index contributed by atoms with van der Waals surface area (Å²) in [5.74, 6) is 0.0775. The molecule has 1 aromatic carbocycles. The van der Waals surface area contributed by atoms with Crippen LogP contribution in [0.3, 0.4) is 0 Å². The highest BCUT2D eigenvalue weighted by molar-refractivity contribution is 5.90. The first-order valence-electron chi connectivity index (χ1n) is 5.37. The van der Waals surface area contributed by atoms with Gasteiger partial charge in [0.1, 0.15) is 0 Å². The highest BCUT2D eigenvalue weighted by atomic mass is 14.7. The lowest BCUT2D eigenvalue weighted by Crippen LogP contribution is -2.04. The molecule has 0 saturated heterocycles. The molecule has 2 nitrogen and oxygen atoms in total. The summed E-state index contributed by atoms with van der Waals surface area (Å²) in [6.45, 7) is 0.717. The first-order chi connectivity index (χ1) is 7.40. The fourth-order valence-corrected chi connectivity index (χ4v) is 1.93. The number of aliphatic imine (C=N–C) groups is 1. The second-order valence-electron chi connectivity index (χ2n) is 3.87. The molecule has 15 heavy (non-hydrogen) atoms. The quantitative estimate of drug-likeness (QED) is 0.719. The number of rotatable bonds is 2. The molecule has 0 aromatic heterocycles. The molecule has 0 amide bonds. The van der Waals surface area contributed by atoms with E-state index in [2.05, 4.69) is 23.2 Å². The maximum atomic E-state index is 8.90. The number of hydrogen-bond donors (Lipinski definition) is 0. The van der Waals surface area contributed by atoms with Gasteiger partial charge in [0.25, 0.3) is 0 Å². The molecule has 0 spiro atoms.